The van der Waals surface area contributed by atoms with Crippen LogP contribution in [0.25, 0.3) is 5.69 Å². The second-order valence-electron chi connectivity index (χ2n) is 3.88. The number of hydrogen-bond donors (Lipinski definition) is 1. The largest absolute Gasteiger partial charge is 0.495 e. The minimum absolute atomic E-state index is 0.433. The van der Waals surface area contributed by atoms with Crippen molar-refractivity contribution in [3.63, 3.8) is 0 Å². The molecule has 0 saturated carbocycles. The molecule has 4 nitrogen and oxygen atoms in total. The molecule has 1 aromatic heterocycles. The maximum Gasteiger partial charge on any atom is 0.205 e. The summed E-state index contributed by atoms with van der Waals surface area (Å²) < 4.78 is 7.10. The van der Waals surface area contributed by atoms with E-state index in [1.807, 2.05) is 26.1 Å². The molecule has 17 heavy (non-hydrogen) atoms. The molecule has 0 unspecified atom stereocenters. The van der Waals surface area contributed by atoms with Gasteiger partial charge in [-0.3, -0.25) is 4.57 Å². The van der Waals surface area contributed by atoms with Crippen LogP contribution in [0.1, 0.15) is 11.3 Å². The Morgan fingerprint density at radius 1 is 1.35 bits per heavy atom. The maximum atomic E-state index is 6.06. The van der Waals surface area contributed by atoms with Gasteiger partial charge in [-0.05, 0) is 25.5 Å². The van der Waals surface area contributed by atoms with Gasteiger partial charge in [0, 0.05) is 17.3 Å². The summed E-state index contributed by atoms with van der Waals surface area (Å²) >= 11 is 6.06. The van der Waals surface area contributed by atoms with Crippen LogP contribution in [-0.4, -0.2) is 16.7 Å². The number of ether oxygens (including phenoxy) is 1. The number of imidazole rings is 1. The molecule has 5 heteroatoms. The number of hydrogen-bond acceptors (Lipinski definition) is 3. The van der Waals surface area contributed by atoms with Crippen LogP contribution in [-0.2, 0) is 0 Å². The lowest BCUT2D eigenvalue weighted by molar-refractivity contribution is 0.413. The second kappa shape index (κ2) is 4.30. The molecule has 0 fully saturated rings. The van der Waals surface area contributed by atoms with Crippen LogP contribution >= 0.6 is 11.6 Å². The van der Waals surface area contributed by atoms with Crippen molar-refractivity contribution in [2.75, 3.05) is 12.8 Å². The fraction of sp³-hybridized carbons (Fsp3) is 0.250. The number of rotatable bonds is 2. The van der Waals surface area contributed by atoms with E-state index in [0.29, 0.717) is 16.7 Å². The number of nitrogens with zero attached hydrogens (tertiary/aromatic N) is 2. The molecule has 0 radical (unpaired) electrons. The van der Waals surface area contributed by atoms with Gasteiger partial charge in [0.05, 0.1) is 18.5 Å². The average Bonchev–Trinajstić information content (AvgIpc) is 2.61. The first-order chi connectivity index (χ1) is 8.02. The van der Waals surface area contributed by atoms with Gasteiger partial charge in [0.1, 0.15) is 5.75 Å². The number of nitrogen functional groups attached to an aromatic ring is 1. The fourth-order valence-electron chi connectivity index (χ4n) is 1.71. The number of anilines is 1. The number of methoxy groups -OCH3 is 1. The van der Waals surface area contributed by atoms with Crippen LogP contribution in [0.3, 0.4) is 0 Å². The molecular formula is C12H14ClN3O. The summed E-state index contributed by atoms with van der Waals surface area (Å²) in [6.45, 7) is 3.83. The summed E-state index contributed by atoms with van der Waals surface area (Å²) in [6.07, 6.45) is 1.86. The Balaban J connectivity index is 2.66. The van der Waals surface area contributed by atoms with Crippen molar-refractivity contribution in [1.82, 2.24) is 9.55 Å². The predicted octanol–water partition coefficient (Wildman–Crippen LogP) is 2.73. The lowest BCUT2D eigenvalue weighted by Crippen LogP contribution is -2.02. The Bertz CT molecular complexity index is 563. The Kier molecular flexibility index (Phi) is 2.98. The van der Waals surface area contributed by atoms with E-state index in [-0.39, 0.29) is 0 Å². The number of halogens is 1. The third-order valence-electron chi connectivity index (χ3n) is 2.57. The lowest BCUT2D eigenvalue weighted by atomic mass is 10.2. The third-order valence-corrected chi connectivity index (χ3v) is 2.98. The van der Waals surface area contributed by atoms with Crippen LogP contribution in [0.2, 0.25) is 5.02 Å². The second-order valence-corrected chi connectivity index (χ2v) is 4.29. The van der Waals surface area contributed by atoms with Gasteiger partial charge in [0.25, 0.3) is 0 Å². The monoisotopic (exact) mass is 251 g/mol. The van der Waals surface area contributed by atoms with Crippen molar-refractivity contribution in [3.05, 3.63) is 34.6 Å². The van der Waals surface area contributed by atoms with Crippen LogP contribution in [0.15, 0.2) is 18.3 Å². The van der Waals surface area contributed by atoms with Crippen LogP contribution in [0.5, 0.6) is 5.75 Å². The average molecular weight is 252 g/mol. The van der Waals surface area contributed by atoms with Crippen molar-refractivity contribution < 1.29 is 4.74 Å². The highest BCUT2D eigenvalue weighted by Crippen LogP contribution is 2.31. The molecule has 1 heterocycles. The van der Waals surface area contributed by atoms with Crippen molar-refractivity contribution in [3.8, 4) is 11.4 Å². The summed E-state index contributed by atoms with van der Waals surface area (Å²) in [6, 6.07) is 3.71. The van der Waals surface area contributed by atoms with E-state index in [1.165, 1.54) is 0 Å². The summed E-state index contributed by atoms with van der Waals surface area (Å²) in [5, 5.41) is 0.668. The molecule has 1 aromatic carbocycles. The number of aromatic nitrogens is 2. The molecule has 0 amide bonds. The number of nitrogens with two attached hydrogens (primary N) is 1. The van der Waals surface area contributed by atoms with Gasteiger partial charge in [-0.2, -0.15) is 0 Å². The number of benzene rings is 1. The minimum Gasteiger partial charge on any atom is -0.495 e. The van der Waals surface area contributed by atoms with Crippen LogP contribution < -0.4 is 10.5 Å². The molecule has 90 valence electrons. The quantitative estimate of drug-likeness (QED) is 0.893. The summed E-state index contributed by atoms with van der Waals surface area (Å²) in [5.41, 5.74) is 8.51. The molecule has 2 aromatic rings. The molecule has 2 rings (SSSR count). The molecule has 0 saturated heterocycles. The van der Waals surface area contributed by atoms with Crippen molar-refractivity contribution >= 4 is 17.5 Å². The van der Waals surface area contributed by atoms with E-state index in [0.717, 1.165) is 16.9 Å². The van der Waals surface area contributed by atoms with Crippen molar-refractivity contribution in [2.45, 2.75) is 13.8 Å². The zero-order valence-electron chi connectivity index (χ0n) is 9.99. The third kappa shape index (κ3) is 2.08. The van der Waals surface area contributed by atoms with Crippen LogP contribution in [0.4, 0.5) is 5.95 Å². The maximum absolute atomic E-state index is 6.06. The highest BCUT2D eigenvalue weighted by molar-refractivity contribution is 6.31. The summed E-state index contributed by atoms with van der Waals surface area (Å²) in [4.78, 5) is 4.17. The van der Waals surface area contributed by atoms with Crippen LogP contribution in [0, 0.1) is 13.8 Å². The number of aryl methyl sites for hydroxylation is 2. The molecule has 0 aliphatic carbocycles. The highest BCUT2D eigenvalue weighted by atomic mass is 35.5. The molecule has 0 aliphatic rings. The van der Waals surface area contributed by atoms with Gasteiger partial charge in [0.15, 0.2) is 0 Å². The van der Waals surface area contributed by atoms with Gasteiger partial charge in [-0.15, -0.1) is 0 Å². The smallest absolute Gasteiger partial charge is 0.205 e. The van der Waals surface area contributed by atoms with Gasteiger partial charge >= 0.3 is 0 Å². The molecule has 0 bridgehead atoms. The first-order valence-electron chi connectivity index (χ1n) is 5.19. The molecule has 0 spiro atoms. The van der Waals surface area contributed by atoms with E-state index in [4.69, 9.17) is 22.1 Å². The van der Waals surface area contributed by atoms with E-state index in [2.05, 4.69) is 4.98 Å². The molecule has 2 N–H and O–H groups in total. The molecule has 0 aliphatic heterocycles. The summed E-state index contributed by atoms with van der Waals surface area (Å²) in [5.74, 6) is 1.10. The Morgan fingerprint density at radius 2 is 2.06 bits per heavy atom. The zero-order chi connectivity index (χ0) is 12.6. The lowest BCUT2D eigenvalue weighted by Gasteiger charge is -2.12. The topological polar surface area (TPSA) is 53.1 Å². The molecule has 0 atom stereocenters. The molecular weight excluding hydrogens is 238 g/mol. The Hall–Kier alpha value is -1.68. The van der Waals surface area contributed by atoms with E-state index < -0.39 is 0 Å². The zero-order valence-corrected chi connectivity index (χ0v) is 10.7. The summed E-state index contributed by atoms with van der Waals surface area (Å²) in [7, 11) is 1.60. The Labute approximate surface area is 105 Å². The first kappa shape index (κ1) is 11.8. The standard InChI is InChI=1S/C12H14ClN3O/c1-7-4-10(11(17-3)5-9(7)13)16-6-8(2)15-12(16)14/h4-6H,1-3H3,(H2,14,15). The van der Waals surface area contributed by atoms with Gasteiger partial charge < -0.3 is 10.5 Å². The Morgan fingerprint density at radius 3 is 2.59 bits per heavy atom. The SMILES string of the molecule is COc1cc(Cl)c(C)cc1-n1cc(C)nc1N. The van der Waals surface area contributed by atoms with Crippen molar-refractivity contribution in [1.29, 1.82) is 0 Å². The van der Waals surface area contributed by atoms with Gasteiger partial charge in [-0.25, -0.2) is 4.98 Å². The van der Waals surface area contributed by atoms with E-state index in [1.54, 1.807) is 17.7 Å². The highest BCUT2D eigenvalue weighted by Gasteiger charge is 2.12. The first-order valence-corrected chi connectivity index (χ1v) is 5.56. The van der Waals surface area contributed by atoms with Crippen molar-refractivity contribution in [2.24, 2.45) is 0 Å². The van der Waals surface area contributed by atoms with Gasteiger partial charge in [0.2, 0.25) is 5.95 Å². The predicted molar refractivity (Wildman–Crippen MR) is 69.0 cm³/mol. The van der Waals surface area contributed by atoms with Gasteiger partial charge in [-0.1, -0.05) is 11.6 Å². The van der Waals surface area contributed by atoms with E-state index >= 15 is 0 Å². The fourth-order valence-corrected chi connectivity index (χ4v) is 1.86. The minimum atomic E-state index is 0.433. The normalized spacial score (nSPS) is 10.6. The van der Waals surface area contributed by atoms with E-state index in [9.17, 15) is 0 Å².